The number of nitrogens with one attached hydrogen (secondary N) is 3. The van der Waals surface area contributed by atoms with Crippen molar-refractivity contribution in [1.29, 1.82) is 0 Å². The maximum atomic E-state index is 13.3. The lowest BCUT2D eigenvalue weighted by atomic mass is 9.74. The Morgan fingerprint density at radius 1 is 1.09 bits per heavy atom. The number of rotatable bonds is 6. The molecular weight excluding hydrogens is 462 g/mol. The van der Waals surface area contributed by atoms with Gasteiger partial charge >= 0.3 is 0 Å². The smallest absolute Gasteiger partial charge is 0.225 e. The molecule has 7 nitrogen and oxygen atoms in total. The first-order valence-electron chi connectivity index (χ1n) is 14.1. The number of hydrogen-bond donors (Lipinski definition) is 3. The molecule has 2 amide bonds. The Morgan fingerprint density at radius 3 is 2.43 bits per heavy atom. The topological polar surface area (TPSA) is 76.7 Å². The van der Waals surface area contributed by atoms with Gasteiger partial charge < -0.3 is 25.8 Å². The van der Waals surface area contributed by atoms with Gasteiger partial charge in [0.1, 0.15) is 0 Å². The minimum atomic E-state index is -0.149. The third-order valence-electron chi connectivity index (χ3n) is 9.64. The van der Waals surface area contributed by atoms with Gasteiger partial charge in [0.05, 0.1) is 5.92 Å². The molecule has 3 N–H and O–H groups in total. The lowest BCUT2D eigenvalue weighted by molar-refractivity contribution is -0.132. The fraction of sp³-hybridized carbons (Fsp3) is 0.926. The molecule has 4 aliphatic rings. The van der Waals surface area contributed by atoms with E-state index in [1.54, 1.807) is 0 Å². The SMILES string of the molecule is CC1CC(C)C(CNC(=O)C2CC(Cl)CC(N(C)C3CCN(C4CCNCC4)CC3)C2C)C(=O)N1. The second kappa shape index (κ2) is 12.1. The monoisotopic (exact) mass is 509 g/mol. The summed E-state index contributed by atoms with van der Waals surface area (Å²) < 4.78 is 0. The molecule has 4 fully saturated rings. The van der Waals surface area contributed by atoms with Gasteiger partial charge in [-0.05, 0) is 96.9 Å². The van der Waals surface area contributed by atoms with Crippen molar-refractivity contribution in [3.05, 3.63) is 0 Å². The van der Waals surface area contributed by atoms with E-state index in [2.05, 4.69) is 46.6 Å². The average Bonchev–Trinajstić information content (AvgIpc) is 2.84. The molecule has 4 rings (SSSR count). The van der Waals surface area contributed by atoms with Crippen molar-refractivity contribution >= 4 is 23.4 Å². The van der Waals surface area contributed by atoms with E-state index in [1.165, 1.54) is 38.8 Å². The van der Waals surface area contributed by atoms with Crippen LogP contribution in [-0.2, 0) is 9.59 Å². The van der Waals surface area contributed by atoms with E-state index in [0.29, 0.717) is 18.6 Å². The van der Waals surface area contributed by atoms with Crippen molar-refractivity contribution in [1.82, 2.24) is 25.8 Å². The Kier molecular flexibility index (Phi) is 9.39. The van der Waals surface area contributed by atoms with Gasteiger partial charge in [-0.2, -0.15) is 0 Å². The maximum Gasteiger partial charge on any atom is 0.225 e. The number of piperidine rings is 3. The zero-order valence-electron chi connectivity index (χ0n) is 22.3. The summed E-state index contributed by atoms with van der Waals surface area (Å²) in [5.74, 6) is 0.407. The van der Waals surface area contributed by atoms with Crippen molar-refractivity contribution < 1.29 is 9.59 Å². The second-order valence-electron chi connectivity index (χ2n) is 12.0. The van der Waals surface area contributed by atoms with E-state index in [0.717, 1.165) is 38.4 Å². The van der Waals surface area contributed by atoms with E-state index < -0.39 is 0 Å². The Balaban J connectivity index is 1.30. The van der Waals surface area contributed by atoms with Crippen LogP contribution in [-0.4, -0.2) is 90.9 Å². The molecule has 0 aromatic heterocycles. The Morgan fingerprint density at radius 2 is 1.77 bits per heavy atom. The van der Waals surface area contributed by atoms with Crippen LogP contribution < -0.4 is 16.0 Å². The molecule has 0 radical (unpaired) electrons. The number of likely N-dealkylation sites (tertiary alicyclic amines) is 1. The highest BCUT2D eigenvalue weighted by Crippen LogP contribution is 2.37. The maximum absolute atomic E-state index is 13.3. The lowest BCUT2D eigenvalue weighted by Gasteiger charge is -2.48. The van der Waals surface area contributed by atoms with E-state index >= 15 is 0 Å². The van der Waals surface area contributed by atoms with Crippen molar-refractivity contribution in [3.8, 4) is 0 Å². The molecule has 1 saturated carbocycles. The number of amides is 2. The van der Waals surface area contributed by atoms with Gasteiger partial charge in [-0.25, -0.2) is 0 Å². The third kappa shape index (κ3) is 6.52. The predicted octanol–water partition coefficient (Wildman–Crippen LogP) is 2.43. The van der Waals surface area contributed by atoms with E-state index in [1.807, 2.05) is 6.92 Å². The van der Waals surface area contributed by atoms with Crippen LogP contribution in [0.4, 0.5) is 0 Å². The average molecular weight is 510 g/mol. The van der Waals surface area contributed by atoms with Crippen molar-refractivity contribution in [2.45, 2.75) is 95.3 Å². The zero-order chi connectivity index (χ0) is 25.1. The Labute approximate surface area is 217 Å². The van der Waals surface area contributed by atoms with Crippen LogP contribution in [0.15, 0.2) is 0 Å². The van der Waals surface area contributed by atoms with Crippen molar-refractivity contribution in [2.75, 3.05) is 39.8 Å². The number of hydrogen-bond acceptors (Lipinski definition) is 5. The van der Waals surface area contributed by atoms with Gasteiger partial charge in [-0.1, -0.05) is 13.8 Å². The van der Waals surface area contributed by atoms with Gasteiger partial charge in [-0.3, -0.25) is 9.59 Å². The number of alkyl halides is 1. The third-order valence-corrected chi connectivity index (χ3v) is 10.00. The van der Waals surface area contributed by atoms with Crippen LogP contribution in [0.3, 0.4) is 0 Å². The highest BCUT2D eigenvalue weighted by molar-refractivity contribution is 6.20. The summed E-state index contributed by atoms with van der Waals surface area (Å²) in [6.45, 7) is 11.5. The number of carbonyl (C=O) groups excluding carboxylic acids is 2. The summed E-state index contributed by atoms with van der Waals surface area (Å²) >= 11 is 6.75. The normalized spacial score (nSPS) is 38.3. The molecule has 35 heavy (non-hydrogen) atoms. The molecule has 3 saturated heterocycles. The fourth-order valence-electron chi connectivity index (χ4n) is 7.34. The first-order chi connectivity index (χ1) is 16.7. The quantitative estimate of drug-likeness (QED) is 0.479. The standard InChI is InChI=1S/C27H48ClN5O2/c1-17-13-18(2)31-27(35)24(17)16-30-26(34)23-14-20(28)15-25(19(23)3)32(4)21-7-11-33(12-8-21)22-5-9-29-10-6-22/h17-25,29H,5-16H2,1-4H3,(H,30,34)(H,31,35). The summed E-state index contributed by atoms with van der Waals surface area (Å²) in [5.41, 5.74) is 0. The predicted molar refractivity (Wildman–Crippen MR) is 141 cm³/mol. The van der Waals surface area contributed by atoms with Gasteiger partial charge in [0, 0.05) is 42.0 Å². The highest BCUT2D eigenvalue weighted by Gasteiger charge is 2.42. The largest absolute Gasteiger partial charge is 0.355 e. The molecule has 0 spiro atoms. The zero-order valence-corrected chi connectivity index (χ0v) is 23.0. The highest BCUT2D eigenvalue weighted by atomic mass is 35.5. The molecule has 8 heteroatoms. The summed E-state index contributed by atoms with van der Waals surface area (Å²) in [6.07, 6.45) is 7.55. The summed E-state index contributed by atoms with van der Waals surface area (Å²) in [7, 11) is 2.26. The molecule has 7 unspecified atom stereocenters. The minimum absolute atomic E-state index is 0.0157. The van der Waals surface area contributed by atoms with Gasteiger partial charge in [0.2, 0.25) is 11.8 Å². The number of carbonyl (C=O) groups is 2. The van der Waals surface area contributed by atoms with Crippen LogP contribution in [0, 0.1) is 23.7 Å². The summed E-state index contributed by atoms with van der Waals surface area (Å²) in [6, 6.07) is 1.83. The molecule has 3 aliphatic heterocycles. The second-order valence-corrected chi connectivity index (χ2v) is 12.6. The molecular formula is C27H48ClN5O2. The summed E-state index contributed by atoms with van der Waals surface area (Å²) in [4.78, 5) is 31.0. The Hall–Kier alpha value is -0.890. The molecule has 0 bridgehead atoms. The molecule has 1 aliphatic carbocycles. The van der Waals surface area contributed by atoms with E-state index in [-0.39, 0.29) is 46.9 Å². The molecule has 200 valence electrons. The van der Waals surface area contributed by atoms with Crippen molar-refractivity contribution in [3.63, 3.8) is 0 Å². The summed E-state index contributed by atoms with van der Waals surface area (Å²) in [5, 5.41) is 9.67. The van der Waals surface area contributed by atoms with Crippen molar-refractivity contribution in [2.24, 2.45) is 23.7 Å². The van der Waals surface area contributed by atoms with Crippen LogP contribution in [0.2, 0.25) is 0 Å². The van der Waals surface area contributed by atoms with Crippen LogP contribution in [0.5, 0.6) is 0 Å². The molecule has 0 aromatic carbocycles. The van der Waals surface area contributed by atoms with E-state index in [9.17, 15) is 9.59 Å². The molecule has 0 aromatic rings. The first-order valence-corrected chi connectivity index (χ1v) is 14.6. The van der Waals surface area contributed by atoms with E-state index in [4.69, 9.17) is 11.6 Å². The molecule has 3 heterocycles. The van der Waals surface area contributed by atoms with Crippen LogP contribution in [0.25, 0.3) is 0 Å². The van der Waals surface area contributed by atoms with Gasteiger partial charge in [0.15, 0.2) is 0 Å². The number of nitrogens with zero attached hydrogens (tertiary/aromatic N) is 2. The van der Waals surface area contributed by atoms with Gasteiger partial charge in [-0.15, -0.1) is 11.6 Å². The first kappa shape index (κ1) is 27.2. The van der Waals surface area contributed by atoms with Gasteiger partial charge in [0.25, 0.3) is 0 Å². The fourth-order valence-corrected chi connectivity index (χ4v) is 7.71. The van der Waals surface area contributed by atoms with Crippen LogP contribution >= 0.6 is 11.6 Å². The molecule has 7 atom stereocenters. The number of halogens is 1. The van der Waals surface area contributed by atoms with Crippen LogP contribution in [0.1, 0.15) is 65.7 Å². The Bertz CT molecular complexity index is 724. The minimum Gasteiger partial charge on any atom is -0.355 e. The lowest BCUT2D eigenvalue weighted by Crippen LogP contribution is -2.56.